The van der Waals surface area contributed by atoms with Crippen LogP contribution in [0.25, 0.3) is 0 Å². The molecule has 0 amide bonds. The van der Waals surface area contributed by atoms with Crippen LogP contribution in [0.5, 0.6) is 0 Å². The van der Waals surface area contributed by atoms with Crippen LogP contribution in [-0.2, 0) is 55.8 Å². The quantitative estimate of drug-likeness (QED) is 0.0238. The SMILES string of the molecule is CCCN1CC[C@@H](OC(=O)CCC(C)=O)[C@@H]1CC.CCCN1CC[C@@H](OP(OCCC#N)N(C(C)C)C(C)C)[C@@H]1CC.CCCN1CC[C@H](OP(OCCC#N)N(C(C)C)C(C)C)[C@@H]1CC.CCCN1C[C@@H](CC)[C@H](OC(=O)CCC(C)=O)C1.CCCN1C[C@@H](CC)[C@H](OP(OCCC#N)C(N(C)C)N(C)C)C1. The van der Waals surface area contributed by atoms with Gasteiger partial charge in [-0.25, -0.2) is 9.34 Å². The van der Waals surface area contributed by atoms with Crippen LogP contribution < -0.4 is 0 Å². The molecule has 5 fully saturated rings. The zero-order valence-electron chi connectivity index (χ0n) is 72.5. The Morgan fingerprint density at radius 1 is 0.417 bits per heavy atom. The Balaban J connectivity index is 0.000000679. The van der Waals surface area contributed by atoms with Crippen LogP contribution in [0, 0.1) is 45.8 Å². The Kier molecular flexibility index (Phi) is 57.5. The van der Waals surface area contributed by atoms with Crippen molar-refractivity contribution in [3.05, 3.63) is 0 Å². The second-order valence-corrected chi connectivity index (χ2v) is 35.4. The first-order chi connectivity index (χ1) is 51.5. The van der Waals surface area contributed by atoms with E-state index in [1.807, 2.05) is 28.2 Å². The van der Waals surface area contributed by atoms with Crippen LogP contribution in [0.4, 0.5) is 0 Å². The Bertz CT molecular complexity index is 2330. The van der Waals surface area contributed by atoms with Gasteiger partial charge in [-0.1, -0.05) is 69.2 Å². The maximum Gasteiger partial charge on any atom is 0.306 e. The van der Waals surface area contributed by atoms with E-state index >= 15 is 0 Å². The number of carbonyl (C=O) groups is 4. The summed E-state index contributed by atoms with van der Waals surface area (Å²) in [5.41, 5.74) is 0. The molecule has 0 bridgehead atoms. The van der Waals surface area contributed by atoms with Crippen LogP contribution in [0.1, 0.15) is 267 Å². The van der Waals surface area contributed by atoms with Crippen LogP contribution >= 0.6 is 25.4 Å². The molecule has 0 spiro atoms. The first-order valence-corrected chi connectivity index (χ1v) is 45.3. The van der Waals surface area contributed by atoms with Crippen molar-refractivity contribution in [1.82, 2.24) is 43.6 Å². The molecule has 5 aliphatic rings. The zero-order valence-corrected chi connectivity index (χ0v) is 75.2. The molecule has 5 heterocycles. The molecule has 0 aromatic rings. The van der Waals surface area contributed by atoms with Crippen LogP contribution in [0.2, 0.25) is 0 Å². The minimum absolute atomic E-state index is 0.0148. The van der Waals surface area contributed by atoms with Crippen molar-refractivity contribution < 1.29 is 55.8 Å². The number of rotatable bonds is 47. The van der Waals surface area contributed by atoms with Crippen LogP contribution in [0.15, 0.2) is 0 Å². The fourth-order valence-electron chi connectivity index (χ4n) is 15.3. The van der Waals surface area contributed by atoms with Gasteiger partial charge in [0.1, 0.15) is 29.7 Å². The van der Waals surface area contributed by atoms with Gasteiger partial charge >= 0.3 is 11.9 Å². The van der Waals surface area contributed by atoms with Gasteiger partial charge in [-0.3, -0.25) is 39.0 Å². The molecule has 13 atom stereocenters. The molecule has 3 unspecified atom stereocenters. The number of nitrogens with zero attached hydrogens (tertiary/aromatic N) is 12. The molecular formula is C81H157N12O12P3. The predicted octanol–water partition coefficient (Wildman–Crippen LogP) is 16.0. The first-order valence-electron chi connectivity index (χ1n) is 41.8. The van der Waals surface area contributed by atoms with E-state index in [1.54, 1.807) is 0 Å². The number of nitriles is 3. The molecule has 0 radical (unpaired) electrons. The lowest BCUT2D eigenvalue weighted by atomic mass is 10.0. The van der Waals surface area contributed by atoms with Crippen molar-refractivity contribution in [1.29, 1.82) is 15.8 Å². The molecule has 5 aliphatic heterocycles. The Morgan fingerprint density at radius 2 is 0.741 bits per heavy atom. The zero-order chi connectivity index (χ0) is 81.4. The fraction of sp³-hybridized carbons (Fsp3) is 0.914. The summed E-state index contributed by atoms with van der Waals surface area (Å²) in [6, 6.07) is 9.20. The summed E-state index contributed by atoms with van der Waals surface area (Å²) in [5.74, 6) is 0.704. The van der Waals surface area contributed by atoms with E-state index < -0.39 is 25.4 Å². The highest BCUT2D eigenvalue weighted by Gasteiger charge is 2.42. The molecule has 27 heteroatoms. The Labute approximate surface area is 663 Å². The van der Waals surface area contributed by atoms with Crippen molar-refractivity contribution in [2.75, 3.05) is 127 Å². The van der Waals surface area contributed by atoms with E-state index in [0.717, 1.165) is 143 Å². The number of likely N-dealkylation sites (tertiary alicyclic amines) is 5. The summed E-state index contributed by atoms with van der Waals surface area (Å²) >= 11 is 0. The van der Waals surface area contributed by atoms with Crippen LogP contribution in [-0.4, -0.2) is 272 Å². The van der Waals surface area contributed by atoms with Crippen molar-refractivity contribution in [2.45, 2.75) is 346 Å². The molecule has 0 aliphatic carbocycles. The maximum absolute atomic E-state index is 11.6. The molecule has 24 nitrogen and oxygen atoms in total. The molecular weight excluding hydrogens is 1430 g/mol. The number of hydrogen-bond donors (Lipinski definition) is 0. The third-order valence-corrected chi connectivity index (χ3v) is 26.6. The van der Waals surface area contributed by atoms with E-state index in [0.29, 0.717) is 106 Å². The number of ether oxygens (including phenoxy) is 2. The van der Waals surface area contributed by atoms with E-state index in [-0.39, 0.29) is 72.8 Å². The summed E-state index contributed by atoms with van der Waals surface area (Å²) in [7, 11) is 4.82. The summed E-state index contributed by atoms with van der Waals surface area (Å²) in [5, 5.41) is 26.4. The molecule has 0 aromatic carbocycles. The van der Waals surface area contributed by atoms with E-state index in [2.05, 4.69) is 186 Å². The molecule has 0 N–H and O–H groups in total. The fourth-order valence-corrected chi connectivity index (χ4v) is 20.7. The van der Waals surface area contributed by atoms with Crippen molar-refractivity contribution in [2.24, 2.45) is 11.8 Å². The number of ketones is 2. The largest absolute Gasteiger partial charge is 0.461 e. The highest BCUT2D eigenvalue weighted by atomic mass is 31.2. The topological polar surface area (TPSA) is 243 Å². The van der Waals surface area contributed by atoms with E-state index in [9.17, 15) is 19.2 Å². The van der Waals surface area contributed by atoms with Crippen molar-refractivity contribution >= 4 is 48.9 Å². The van der Waals surface area contributed by atoms with Gasteiger partial charge in [0.25, 0.3) is 17.1 Å². The lowest BCUT2D eigenvalue weighted by Gasteiger charge is -2.38. The van der Waals surface area contributed by atoms with Gasteiger partial charge in [0.05, 0.1) is 88.4 Å². The summed E-state index contributed by atoms with van der Waals surface area (Å²) in [6.45, 7) is 56.6. The van der Waals surface area contributed by atoms with Crippen molar-refractivity contribution in [3.8, 4) is 18.2 Å². The highest BCUT2D eigenvalue weighted by molar-refractivity contribution is 7.48. The third-order valence-electron chi connectivity index (χ3n) is 20.1. The second-order valence-electron chi connectivity index (χ2n) is 31.0. The van der Waals surface area contributed by atoms with Gasteiger partial charge in [-0.15, -0.1) is 0 Å². The highest BCUT2D eigenvalue weighted by Crippen LogP contribution is 2.52. The van der Waals surface area contributed by atoms with Gasteiger partial charge in [0.2, 0.25) is 8.38 Å². The first kappa shape index (κ1) is 103. The molecule has 108 heavy (non-hydrogen) atoms. The molecule has 5 saturated heterocycles. The number of Topliss-reactive ketones (excluding diaryl/α,β-unsaturated/α-hetero) is 2. The number of hydrogen-bond acceptors (Lipinski definition) is 24. The molecule has 0 aromatic heterocycles. The van der Waals surface area contributed by atoms with Gasteiger partial charge in [0, 0.05) is 107 Å². The molecule has 0 saturated carbocycles. The molecule has 5 rings (SSSR count). The number of carbonyl (C=O) groups excluding carboxylic acids is 4. The monoisotopic (exact) mass is 1580 g/mol. The smallest absolute Gasteiger partial charge is 0.306 e. The van der Waals surface area contributed by atoms with Gasteiger partial charge < -0.3 is 51.1 Å². The maximum atomic E-state index is 11.6. The predicted molar refractivity (Wildman–Crippen MR) is 442 cm³/mol. The minimum Gasteiger partial charge on any atom is -0.461 e. The standard InChI is InChI=1S/2C18H36N3O2P.C17H35N4O2P.2C14H25NO3/c2*1-7-12-20-13-10-18(17(20)8-2)23-24(22-14-9-11-19)21(15(3)4)16(5)6;1-7-11-21-13-15(8-2)16(14-21)23-24(22-12-9-10-18)17(19(3)4)20(5)6;1-4-9-15-10-8-13(12(15)5-2)18-14(17)7-6-11(3)16;1-4-8-15-9-12(5-2)13(10-15)18-14(17)7-6-11(3)16/h2*15-18H,7-10,12-14H2,1-6H3;15-17H,7-9,11-14H2,1-6H3;2*12-13H,4-10H2,1-3H3/t17-,18+,24?;17-,18-,24?;15-,16-,24?;12-,13+;12-,13-/m00101/s1. The minimum atomic E-state index is -1.13. The normalized spacial score (nSPS) is 23.6. The lowest BCUT2D eigenvalue weighted by molar-refractivity contribution is -0.151. The van der Waals surface area contributed by atoms with Crippen LogP contribution in [0.3, 0.4) is 0 Å². The van der Waals surface area contributed by atoms with Gasteiger partial charge in [-0.2, -0.15) is 15.8 Å². The van der Waals surface area contributed by atoms with E-state index in [4.69, 9.17) is 52.4 Å². The van der Waals surface area contributed by atoms with E-state index in [1.165, 1.54) is 33.1 Å². The van der Waals surface area contributed by atoms with Crippen molar-refractivity contribution in [3.63, 3.8) is 0 Å². The summed E-state index contributed by atoms with van der Waals surface area (Å²) < 4.78 is 53.4. The summed E-state index contributed by atoms with van der Waals surface area (Å²) in [4.78, 5) is 61.6. The van der Waals surface area contributed by atoms with Gasteiger partial charge in [0.15, 0.2) is 0 Å². The molecule has 628 valence electrons. The Hall–Kier alpha value is -2.56. The lowest BCUT2D eigenvalue weighted by Crippen LogP contribution is -2.41. The third kappa shape index (κ3) is 39.2. The average Bonchev–Trinajstić information content (AvgIpc) is 1.68. The second kappa shape index (κ2) is 60.0. The Morgan fingerprint density at radius 3 is 1.06 bits per heavy atom. The average molecular weight is 1580 g/mol. The van der Waals surface area contributed by atoms with Gasteiger partial charge in [-0.05, 0) is 220 Å². The number of esters is 2. The summed E-state index contributed by atoms with van der Waals surface area (Å²) in [6.07, 6.45) is 17.2.